The summed E-state index contributed by atoms with van der Waals surface area (Å²) >= 11 is 0. The minimum atomic E-state index is 0.599. The second-order valence-electron chi connectivity index (χ2n) is 6.08. The maximum Gasteiger partial charge on any atom is 0.240 e. The third-order valence-electron chi connectivity index (χ3n) is 4.24. The van der Waals surface area contributed by atoms with Gasteiger partial charge in [0.25, 0.3) is 0 Å². The van der Waals surface area contributed by atoms with Crippen LogP contribution in [0, 0.1) is 13.1 Å². The Kier molecular flexibility index (Phi) is 5.55. The smallest absolute Gasteiger partial charge is 0.238 e. The lowest BCUT2D eigenvalue weighted by atomic mass is 9.97. The van der Waals surface area contributed by atoms with Crippen molar-refractivity contribution in [1.29, 1.82) is 0 Å². The van der Waals surface area contributed by atoms with Gasteiger partial charge in [-0.2, -0.15) is 4.99 Å². The first-order chi connectivity index (χ1) is 13.2. The first-order valence-electron chi connectivity index (χ1n) is 8.34. The molecule has 0 heterocycles. The van der Waals surface area contributed by atoms with Crippen molar-refractivity contribution in [1.82, 2.24) is 0 Å². The summed E-state index contributed by atoms with van der Waals surface area (Å²) in [4.78, 5) is 21.4. The molecule has 4 nitrogen and oxygen atoms in total. The van der Waals surface area contributed by atoms with Crippen molar-refractivity contribution in [3.05, 3.63) is 112 Å². The van der Waals surface area contributed by atoms with Crippen molar-refractivity contribution in [3.63, 3.8) is 0 Å². The zero-order valence-electron chi connectivity index (χ0n) is 14.5. The molecule has 0 aliphatic rings. The Labute approximate surface area is 158 Å². The van der Waals surface area contributed by atoms with Crippen LogP contribution in [0.1, 0.15) is 22.3 Å². The Hall–Kier alpha value is -3.98. The molecule has 27 heavy (non-hydrogen) atoms. The van der Waals surface area contributed by atoms with Gasteiger partial charge in [-0.3, -0.25) is 0 Å². The van der Waals surface area contributed by atoms with Gasteiger partial charge in [-0.25, -0.2) is 14.5 Å². The highest BCUT2D eigenvalue weighted by atomic mass is 16.1. The molecule has 0 aliphatic carbocycles. The molecule has 0 saturated carbocycles. The second kappa shape index (κ2) is 8.41. The lowest BCUT2D eigenvalue weighted by Gasteiger charge is -2.09. The molecular formula is C23H15N3O. The number of aliphatic imine (C=N–C) groups is 1. The second-order valence-corrected chi connectivity index (χ2v) is 6.08. The van der Waals surface area contributed by atoms with Crippen molar-refractivity contribution in [3.8, 4) is 0 Å². The van der Waals surface area contributed by atoms with Gasteiger partial charge in [0.15, 0.2) is 11.4 Å². The number of hydrogen-bond acceptors (Lipinski definition) is 2. The van der Waals surface area contributed by atoms with E-state index in [0.717, 1.165) is 28.7 Å². The molecule has 3 aromatic carbocycles. The first-order valence-corrected chi connectivity index (χ1v) is 8.34. The molecule has 0 saturated heterocycles. The highest BCUT2D eigenvalue weighted by Gasteiger charge is 2.07. The van der Waals surface area contributed by atoms with Gasteiger partial charge >= 0.3 is 0 Å². The summed E-state index contributed by atoms with van der Waals surface area (Å²) < 4.78 is 0. The van der Waals surface area contributed by atoms with Gasteiger partial charge in [0.1, 0.15) is 0 Å². The molecule has 0 spiro atoms. The Morgan fingerprint density at radius 3 is 1.78 bits per heavy atom. The summed E-state index contributed by atoms with van der Waals surface area (Å²) in [5.41, 5.74) is 6.02. The molecule has 0 N–H and O–H groups in total. The molecule has 4 heteroatoms. The van der Waals surface area contributed by atoms with Crippen molar-refractivity contribution in [2.45, 2.75) is 12.8 Å². The lowest BCUT2D eigenvalue weighted by Crippen LogP contribution is -1.93. The molecule has 0 unspecified atom stereocenters. The molecule has 3 rings (SSSR count). The van der Waals surface area contributed by atoms with Crippen molar-refractivity contribution in [2.75, 3.05) is 0 Å². The fourth-order valence-electron chi connectivity index (χ4n) is 2.88. The Morgan fingerprint density at radius 2 is 1.26 bits per heavy atom. The summed E-state index contributed by atoms with van der Waals surface area (Å²) in [6.07, 6.45) is 2.96. The average molecular weight is 349 g/mol. The lowest BCUT2D eigenvalue weighted by molar-refractivity contribution is 0.565. The van der Waals surface area contributed by atoms with Crippen LogP contribution in [-0.4, -0.2) is 6.08 Å². The van der Waals surface area contributed by atoms with Crippen LogP contribution in [-0.2, 0) is 17.6 Å². The standard InChI is InChI=1S/C23H15N3O/c1-24-21-8-3-17(4-9-21)13-19-7-12-23(26-16-27)20(15-19)14-18-5-10-22(25-2)11-6-18/h3-12,15H,13-14H2. The van der Waals surface area contributed by atoms with Gasteiger partial charge < -0.3 is 0 Å². The molecule has 3 aromatic rings. The van der Waals surface area contributed by atoms with Crippen molar-refractivity contribution >= 4 is 23.1 Å². The predicted molar refractivity (Wildman–Crippen MR) is 105 cm³/mol. The topological polar surface area (TPSA) is 38.1 Å². The van der Waals surface area contributed by atoms with E-state index < -0.39 is 0 Å². The van der Waals surface area contributed by atoms with Gasteiger partial charge in [-0.1, -0.05) is 60.7 Å². The van der Waals surface area contributed by atoms with E-state index in [4.69, 9.17) is 13.1 Å². The van der Waals surface area contributed by atoms with Crippen molar-refractivity contribution < 1.29 is 4.79 Å². The van der Waals surface area contributed by atoms with Gasteiger partial charge in [0.05, 0.1) is 18.8 Å². The summed E-state index contributed by atoms with van der Waals surface area (Å²) in [5, 5.41) is 0. The van der Waals surface area contributed by atoms with Gasteiger partial charge in [-0.15, -0.1) is 0 Å². The van der Waals surface area contributed by atoms with E-state index in [-0.39, 0.29) is 0 Å². The van der Waals surface area contributed by atoms with Gasteiger partial charge in [0.2, 0.25) is 6.08 Å². The zero-order chi connectivity index (χ0) is 19.1. The fourth-order valence-corrected chi connectivity index (χ4v) is 2.88. The molecular weight excluding hydrogens is 334 g/mol. The minimum Gasteiger partial charge on any atom is -0.238 e. The van der Waals surface area contributed by atoms with Crippen LogP contribution in [0.3, 0.4) is 0 Å². The molecule has 0 aromatic heterocycles. The quantitative estimate of drug-likeness (QED) is 0.319. The van der Waals surface area contributed by atoms with E-state index in [0.29, 0.717) is 23.5 Å². The number of isocyanates is 1. The Bertz CT molecular complexity index is 1080. The van der Waals surface area contributed by atoms with Crippen LogP contribution in [0.4, 0.5) is 17.1 Å². The number of rotatable bonds is 5. The van der Waals surface area contributed by atoms with E-state index >= 15 is 0 Å². The molecule has 0 bridgehead atoms. The van der Waals surface area contributed by atoms with E-state index in [1.54, 1.807) is 18.2 Å². The maximum absolute atomic E-state index is 10.7. The maximum atomic E-state index is 10.7. The van der Waals surface area contributed by atoms with Crippen LogP contribution < -0.4 is 0 Å². The Morgan fingerprint density at radius 1 is 0.741 bits per heavy atom. The average Bonchev–Trinajstić information content (AvgIpc) is 2.71. The summed E-state index contributed by atoms with van der Waals surface area (Å²) in [7, 11) is 0. The van der Waals surface area contributed by atoms with Crippen LogP contribution in [0.25, 0.3) is 9.69 Å². The fraction of sp³-hybridized carbons (Fsp3) is 0.0870. The largest absolute Gasteiger partial charge is 0.240 e. The SMILES string of the molecule is [C-]#[N+]c1ccc(Cc2ccc(N=C=O)c(Cc3ccc([N+]#[C-])cc3)c2)cc1. The van der Waals surface area contributed by atoms with Gasteiger partial charge in [-0.05, 0) is 41.2 Å². The molecule has 0 aliphatic heterocycles. The van der Waals surface area contributed by atoms with E-state index in [1.807, 2.05) is 54.6 Å². The zero-order valence-corrected chi connectivity index (χ0v) is 14.5. The van der Waals surface area contributed by atoms with Crippen LogP contribution in [0.5, 0.6) is 0 Å². The van der Waals surface area contributed by atoms with E-state index in [2.05, 4.69) is 14.7 Å². The van der Waals surface area contributed by atoms with Crippen LogP contribution in [0.15, 0.2) is 71.7 Å². The van der Waals surface area contributed by atoms with Gasteiger partial charge in [0, 0.05) is 0 Å². The predicted octanol–water partition coefficient (Wildman–Crippen LogP) is 5.94. The summed E-state index contributed by atoms with van der Waals surface area (Å²) in [5.74, 6) is 0. The monoisotopic (exact) mass is 349 g/mol. The normalized spacial score (nSPS) is 9.70. The van der Waals surface area contributed by atoms with Crippen LogP contribution in [0.2, 0.25) is 0 Å². The highest BCUT2D eigenvalue weighted by molar-refractivity contribution is 5.57. The number of carbonyl (C=O) groups excluding carboxylic acids is 1. The van der Waals surface area contributed by atoms with Crippen molar-refractivity contribution in [2.24, 2.45) is 4.99 Å². The molecule has 0 fully saturated rings. The highest BCUT2D eigenvalue weighted by Crippen LogP contribution is 2.26. The third-order valence-corrected chi connectivity index (χ3v) is 4.24. The van der Waals surface area contributed by atoms with E-state index in [9.17, 15) is 4.79 Å². The molecule has 128 valence electrons. The molecule has 0 radical (unpaired) electrons. The minimum absolute atomic E-state index is 0.599. The number of benzene rings is 3. The first kappa shape index (κ1) is 17.8. The Balaban J connectivity index is 1.88. The third kappa shape index (κ3) is 4.55. The summed E-state index contributed by atoms with van der Waals surface area (Å²) in [6, 6.07) is 20.8. The summed E-state index contributed by atoms with van der Waals surface area (Å²) in [6.45, 7) is 14.1. The van der Waals surface area contributed by atoms with Crippen LogP contribution >= 0.6 is 0 Å². The molecule has 0 atom stereocenters. The number of nitrogens with zero attached hydrogens (tertiary/aromatic N) is 3. The van der Waals surface area contributed by atoms with E-state index in [1.165, 1.54) is 0 Å². The number of hydrogen-bond donors (Lipinski definition) is 0. The molecule has 0 amide bonds.